The monoisotopic (exact) mass is 276 g/mol. The molecule has 0 radical (unpaired) electrons. The summed E-state index contributed by atoms with van der Waals surface area (Å²) in [5.74, 6) is -1.17. The van der Waals surface area contributed by atoms with E-state index in [1.54, 1.807) is 7.11 Å². The number of ether oxygens (including phenoxy) is 1. The summed E-state index contributed by atoms with van der Waals surface area (Å²) in [5.41, 5.74) is 2.11. The molecule has 5 nitrogen and oxygen atoms in total. The van der Waals surface area contributed by atoms with Gasteiger partial charge in [0.2, 0.25) is 0 Å². The fourth-order valence-corrected chi connectivity index (χ4v) is 2.01. The number of benzene rings is 1. The van der Waals surface area contributed by atoms with Crippen molar-refractivity contribution in [3.8, 4) is 0 Å². The van der Waals surface area contributed by atoms with Crippen molar-refractivity contribution in [2.24, 2.45) is 0 Å². The SMILES string of the molecule is COC(CNC(=O)C(=O)NC1CC1)c1ccccc1C. The van der Waals surface area contributed by atoms with Gasteiger partial charge in [0.1, 0.15) is 0 Å². The molecule has 20 heavy (non-hydrogen) atoms. The van der Waals surface area contributed by atoms with Crippen LogP contribution >= 0.6 is 0 Å². The van der Waals surface area contributed by atoms with Crippen LogP contribution in [0.1, 0.15) is 30.1 Å². The van der Waals surface area contributed by atoms with Crippen LogP contribution in [0.15, 0.2) is 24.3 Å². The average Bonchev–Trinajstić information content (AvgIpc) is 3.24. The first-order chi connectivity index (χ1) is 9.61. The predicted molar refractivity (Wildman–Crippen MR) is 75.1 cm³/mol. The number of methoxy groups -OCH3 is 1. The highest BCUT2D eigenvalue weighted by Gasteiger charge is 2.26. The lowest BCUT2D eigenvalue weighted by molar-refractivity contribution is -0.139. The Labute approximate surface area is 118 Å². The summed E-state index contributed by atoms with van der Waals surface area (Å²) in [7, 11) is 1.59. The minimum Gasteiger partial charge on any atom is -0.375 e. The lowest BCUT2D eigenvalue weighted by atomic mass is 10.0. The standard InChI is InChI=1S/C15H20N2O3/c1-10-5-3-4-6-12(10)13(20-2)9-16-14(18)15(19)17-11-7-8-11/h3-6,11,13H,7-9H2,1-2H3,(H,16,18)(H,17,19). The maximum absolute atomic E-state index is 11.7. The van der Waals surface area contributed by atoms with E-state index in [9.17, 15) is 9.59 Å². The number of hydrogen-bond donors (Lipinski definition) is 2. The van der Waals surface area contributed by atoms with Crippen LogP contribution in [-0.2, 0) is 14.3 Å². The Kier molecular flexibility index (Phi) is 4.74. The third-order valence-corrected chi connectivity index (χ3v) is 3.39. The van der Waals surface area contributed by atoms with Crippen LogP contribution in [0.4, 0.5) is 0 Å². The van der Waals surface area contributed by atoms with Crippen molar-refractivity contribution < 1.29 is 14.3 Å². The van der Waals surface area contributed by atoms with Gasteiger partial charge in [-0.05, 0) is 30.9 Å². The Morgan fingerprint density at radius 3 is 2.60 bits per heavy atom. The quantitative estimate of drug-likeness (QED) is 0.791. The van der Waals surface area contributed by atoms with E-state index >= 15 is 0 Å². The molecule has 1 aliphatic carbocycles. The Balaban J connectivity index is 1.88. The third-order valence-electron chi connectivity index (χ3n) is 3.39. The molecule has 0 heterocycles. The summed E-state index contributed by atoms with van der Waals surface area (Å²) in [6, 6.07) is 8.01. The summed E-state index contributed by atoms with van der Waals surface area (Å²) in [5, 5.41) is 5.27. The first-order valence-electron chi connectivity index (χ1n) is 6.79. The van der Waals surface area contributed by atoms with E-state index in [4.69, 9.17) is 4.74 Å². The highest BCUT2D eigenvalue weighted by Crippen LogP contribution is 2.20. The van der Waals surface area contributed by atoms with Crippen molar-refractivity contribution in [3.63, 3.8) is 0 Å². The first-order valence-corrected chi connectivity index (χ1v) is 6.79. The van der Waals surface area contributed by atoms with Crippen LogP contribution in [0.25, 0.3) is 0 Å². The van der Waals surface area contributed by atoms with Gasteiger partial charge in [0, 0.05) is 19.7 Å². The molecule has 0 spiro atoms. The molecule has 1 aromatic rings. The van der Waals surface area contributed by atoms with Crippen molar-refractivity contribution in [1.29, 1.82) is 0 Å². The van der Waals surface area contributed by atoms with Crippen LogP contribution < -0.4 is 10.6 Å². The number of rotatable bonds is 5. The van der Waals surface area contributed by atoms with Gasteiger partial charge in [-0.25, -0.2) is 0 Å². The number of amides is 2. The first kappa shape index (κ1) is 14.5. The van der Waals surface area contributed by atoms with Gasteiger partial charge in [-0.2, -0.15) is 0 Å². The third kappa shape index (κ3) is 3.81. The minimum absolute atomic E-state index is 0.183. The van der Waals surface area contributed by atoms with Crippen molar-refractivity contribution in [1.82, 2.24) is 10.6 Å². The van der Waals surface area contributed by atoms with Gasteiger partial charge in [0.25, 0.3) is 0 Å². The summed E-state index contributed by atoms with van der Waals surface area (Å²) >= 11 is 0. The largest absolute Gasteiger partial charge is 0.375 e. The van der Waals surface area contributed by atoms with Crippen molar-refractivity contribution in [2.75, 3.05) is 13.7 Å². The molecule has 0 aromatic heterocycles. The van der Waals surface area contributed by atoms with Crippen LogP contribution in [0.3, 0.4) is 0 Å². The van der Waals surface area contributed by atoms with Gasteiger partial charge >= 0.3 is 11.8 Å². The molecule has 1 aliphatic rings. The molecule has 1 fully saturated rings. The van der Waals surface area contributed by atoms with E-state index in [1.165, 1.54) is 0 Å². The molecule has 5 heteroatoms. The van der Waals surface area contributed by atoms with E-state index in [0.717, 1.165) is 24.0 Å². The molecule has 1 aromatic carbocycles. The molecule has 0 aliphatic heterocycles. The maximum atomic E-state index is 11.7. The van der Waals surface area contributed by atoms with E-state index < -0.39 is 11.8 Å². The van der Waals surface area contributed by atoms with Crippen molar-refractivity contribution in [3.05, 3.63) is 35.4 Å². The molecular weight excluding hydrogens is 256 g/mol. The summed E-state index contributed by atoms with van der Waals surface area (Å²) < 4.78 is 5.39. The highest BCUT2D eigenvalue weighted by molar-refractivity contribution is 6.35. The zero-order valence-corrected chi connectivity index (χ0v) is 11.8. The second-order valence-electron chi connectivity index (χ2n) is 5.04. The van der Waals surface area contributed by atoms with Gasteiger partial charge in [0.05, 0.1) is 6.10 Å². The second-order valence-corrected chi connectivity index (χ2v) is 5.04. The molecule has 1 unspecified atom stereocenters. The number of carbonyl (C=O) groups excluding carboxylic acids is 2. The smallest absolute Gasteiger partial charge is 0.309 e. The Bertz CT molecular complexity index is 498. The van der Waals surface area contributed by atoms with Gasteiger partial charge < -0.3 is 15.4 Å². The van der Waals surface area contributed by atoms with Gasteiger partial charge in [-0.15, -0.1) is 0 Å². The maximum Gasteiger partial charge on any atom is 0.309 e. The summed E-state index contributed by atoms with van der Waals surface area (Å²) in [4.78, 5) is 23.2. The van der Waals surface area contributed by atoms with Gasteiger partial charge in [-0.1, -0.05) is 24.3 Å². The van der Waals surface area contributed by atoms with Crippen LogP contribution in [-0.4, -0.2) is 31.5 Å². The normalized spacial score (nSPS) is 15.5. The van der Waals surface area contributed by atoms with Crippen molar-refractivity contribution >= 4 is 11.8 Å². The Hall–Kier alpha value is -1.88. The molecule has 108 valence electrons. The van der Waals surface area contributed by atoms with Crippen LogP contribution in [0, 0.1) is 6.92 Å². The van der Waals surface area contributed by atoms with Crippen molar-refractivity contribution in [2.45, 2.75) is 31.9 Å². The molecule has 2 rings (SSSR count). The van der Waals surface area contributed by atoms with Gasteiger partial charge in [-0.3, -0.25) is 9.59 Å². The van der Waals surface area contributed by atoms with Crippen LogP contribution in [0.5, 0.6) is 0 Å². The number of hydrogen-bond acceptors (Lipinski definition) is 3. The topological polar surface area (TPSA) is 67.4 Å². The van der Waals surface area contributed by atoms with E-state index in [1.807, 2.05) is 31.2 Å². The molecule has 1 saturated carbocycles. The number of aryl methyl sites for hydroxylation is 1. The van der Waals surface area contributed by atoms with E-state index in [0.29, 0.717) is 0 Å². The fourth-order valence-electron chi connectivity index (χ4n) is 2.01. The minimum atomic E-state index is -0.604. The number of carbonyl (C=O) groups is 2. The summed E-state index contributed by atoms with van der Waals surface area (Å²) in [6.07, 6.45) is 1.67. The molecule has 2 amide bonds. The zero-order chi connectivity index (χ0) is 14.5. The highest BCUT2D eigenvalue weighted by atomic mass is 16.5. The second kappa shape index (κ2) is 6.52. The number of nitrogens with one attached hydrogen (secondary N) is 2. The Morgan fingerprint density at radius 1 is 1.30 bits per heavy atom. The van der Waals surface area contributed by atoms with Gasteiger partial charge in [0.15, 0.2) is 0 Å². The Morgan fingerprint density at radius 2 is 2.00 bits per heavy atom. The molecule has 0 saturated heterocycles. The zero-order valence-electron chi connectivity index (χ0n) is 11.8. The predicted octanol–water partition coefficient (Wildman–Crippen LogP) is 1.08. The fraction of sp³-hybridized carbons (Fsp3) is 0.467. The average molecular weight is 276 g/mol. The van der Waals surface area contributed by atoms with E-state index in [-0.39, 0.29) is 18.7 Å². The lowest BCUT2D eigenvalue weighted by Gasteiger charge is -2.18. The molecule has 1 atom stereocenters. The molecular formula is C15H20N2O3. The molecule has 0 bridgehead atoms. The van der Waals surface area contributed by atoms with Crippen LogP contribution in [0.2, 0.25) is 0 Å². The summed E-state index contributed by atoms with van der Waals surface area (Å²) in [6.45, 7) is 2.27. The van der Waals surface area contributed by atoms with E-state index in [2.05, 4.69) is 10.6 Å². The molecule has 2 N–H and O–H groups in total. The lowest BCUT2D eigenvalue weighted by Crippen LogP contribution is -2.42.